The summed E-state index contributed by atoms with van der Waals surface area (Å²) < 4.78 is 3.72. The Labute approximate surface area is 114 Å². The lowest BCUT2D eigenvalue weighted by Gasteiger charge is -2.07. The third-order valence-electron chi connectivity index (χ3n) is 2.06. The topological polar surface area (TPSA) is 21.3 Å². The molecule has 2 nitrogen and oxygen atoms in total. The van der Waals surface area contributed by atoms with Crippen LogP contribution in [0.1, 0.15) is 19.4 Å². The highest BCUT2D eigenvalue weighted by Crippen LogP contribution is 2.09. The summed E-state index contributed by atoms with van der Waals surface area (Å²) in [5.74, 6) is 0.722. The smallest absolute Gasteiger partial charge is 0.0606 e. The molecule has 98 valence electrons. The van der Waals surface area contributed by atoms with Crippen LogP contribution in [0.5, 0.6) is 0 Å². The summed E-state index contributed by atoms with van der Waals surface area (Å²) in [5, 5.41) is 4.22. The third kappa shape index (κ3) is 10.6. The second-order valence-corrected chi connectivity index (χ2v) is 4.87. The Morgan fingerprint density at radius 1 is 1.24 bits per heavy atom. The van der Waals surface area contributed by atoms with Crippen LogP contribution in [0.15, 0.2) is 24.3 Å². The van der Waals surface area contributed by atoms with Gasteiger partial charge in [-0.25, -0.2) is 0 Å². The molecule has 0 aliphatic carbocycles. The van der Waals surface area contributed by atoms with Crippen molar-refractivity contribution in [3.63, 3.8) is 0 Å². The van der Waals surface area contributed by atoms with Crippen LogP contribution in [0.3, 0.4) is 0 Å². The highest BCUT2D eigenvalue weighted by Gasteiger charge is 1.94. The molecule has 0 unspecified atom stereocenters. The van der Waals surface area contributed by atoms with Crippen molar-refractivity contribution in [2.24, 2.45) is 5.92 Å². The normalized spacial score (nSPS) is 10.0. The van der Waals surface area contributed by atoms with E-state index in [1.807, 2.05) is 12.1 Å². The molecular formula is C13H21Cl2NO. The molecule has 4 heteroatoms. The van der Waals surface area contributed by atoms with Gasteiger partial charge in [0.1, 0.15) is 0 Å². The number of nitrogens with one attached hydrogen (secondary N) is 1. The zero-order valence-electron chi connectivity index (χ0n) is 10.7. The molecule has 0 aliphatic rings. The number of hydrogen-bond acceptors (Lipinski definition) is 2. The molecule has 1 aromatic rings. The van der Waals surface area contributed by atoms with Gasteiger partial charge in [0.15, 0.2) is 0 Å². The molecule has 1 rings (SSSR count). The SMILES string of the molecule is CC(C)CNCCc1ccc(Cl)cc1.COCl. The van der Waals surface area contributed by atoms with Gasteiger partial charge in [0, 0.05) is 5.02 Å². The molecule has 0 saturated carbocycles. The second kappa shape index (κ2) is 10.8. The summed E-state index contributed by atoms with van der Waals surface area (Å²) in [6.45, 7) is 6.57. The fraction of sp³-hybridized carbons (Fsp3) is 0.538. The first-order chi connectivity index (χ1) is 8.10. The average molecular weight is 278 g/mol. The molecule has 0 fully saturated rings. The van der Waals surface area contributed by atoms with Crippen molar-refractivity contribution in [3.05, 3.63) is 34.9 Å². The van der Waals surface area contributed by atoms with Gasteiger partial charge in [0.2, 0.25) is 0 Å². The van der Waals surface area contributed by atoms with Crippen LogP contribution in [0.2, 0.25) is 5.02 Å². The molecule has 0 spiro atoms. The molecule has 0 amide bonds. The highest BCUT2D eigenvalue weighted by atomic mass is 35.5. The Balaban J connectivity index is 0.000000770. The van der Waals surface area contributed by atoms with Gasteiger partial charge in [-0.1, -0.05) is 37.6 Å². The minimum absolute atomic E-state index is 0.722. The lowest BCUT2D eigenvalue weighted by atomic mass is 10.1. The molecular weight excluding hydrogens is 257 g/mol. The third-order valence-corrected chi connectivity index (χ3v) is 2.31. The largest absolute Gasteiger partial charge is 0.316 e. The molecule has 0 aliphatic heterocycles. The van der Waals surface area contributed by atoms with Gasteiger partial charge in [0.05, 0.1) is 19.0 Å². The molecule has 0 radical (unpaired) electrons. The standard InChI is InChI=1S/C12H18ClN.CH3ClO/c1-10(2)9-14-8-7-11-3-5-12(13)6-4-11;1-3-2/h3-6,10,14H,7-9H2,1-2H3;1H3. The van der Waals surface area contributed by atoms with Crippen molar-refractivity contribution in [1.29, 1.82) is 0 Å². The van der Waals surface area contributed by atoms with Crippen LogP contribution in [0, 0.1) is 5.92 Å². The molecule has 0 saturated heterocycles. The molecule has 0 atom stereocenters. The van der Waals surface area contributed by atoms with E-state index < -0.39 is 0 Å². The van der Waals surface area contributed by atoms with Gasteiger partial charge in [-0.15, -0.1) is 0 Å². The van der Waals surface area contributed by atoms with Crippen molar-refractivity contribution in [2.75, 3.05) is 20.2 Å². The first-order valence-corrected chi connectivity index (χ1v) is 6.38. The predicted octanol–water partition coefficient (Wildman–Crippen LogP) is 3.91. The number of benzene rings is 1. The van der Waals surface area contributed by atoms with Crippen LogP contribution in [0.25, 0.3) is 0 Å². The Hall–Kier alpha value is -0.280. The van der Waals surface area contributed by atoms with E-state index in [0.717, 1.165) is 30.5 Å². The van der Waals surface area contributed by atoms with E-state index in [1.54, 1.807) is 0 Å². The zero-order chi connectivity index (χ0) is 13.1. The van der Waals surface area contributed by atoms with Gasteiger partial charge in [-0.05, 0) is 43.1 Å². The van der Waals surface area contributed by atoms with E-state index in [9.17, 15) is 0 Å². The predicted molar refractivity (Wildman–Crippen MR) is 75.7 cm³/mol. The fourth-order valence-electron chi connectivity index (χ4n) is 1.27. The first kappa shape index (κ1) is 16.7. The summed E-state index contributed by atoms with van der Waals surface area (Å²) in [6, 6.07) is 8.05. The van der Waals surface area contributed by atoms with Crippen molar-refractivity contribution in [3.8, 4) is 0 Å². The van der Waals surface area contributed by atoms with Crippen molar-refractivity contribution < 1.29 is 4.29 Å². The Bertz CT molecular complexity index is 275. The summed E-state index contributed by atoms with van der Waals surface area (Å²) >= 11 is 10.3. The number of hydrogen-bond donors (Lipinski definition) is 1. The number of rotatable bonds is 5. The van der Waals surface area contributed by atoms with E-state index in [-0.39, 0.29) is 0 Å². The van der Waals surface area contributed by atoms with E-state index in [0.29, 0.717) is 0 Å². The van der Waals surface area contributed by atoms with Crippen LogP contribution < -0.4 is 5.32 Å². The maximum Gasteiger partial charge on any atom is 0.0606 e. The summed E-state index contributed by atoms with van der Waals surface area (Å²) in [6.07, 6.45) is 1.07. The molecule has 17 heavy (non-hydrogen) atoms. The second-order valence-electron chi connectivity index (χ2n) is 4.13. The minimum Gasteiger partial charge on any atom is -0.316 e. The molecule has 1 aromatic carbocycles. The van der Waals surface area contributed by atoms with Crippen LogP contribution in [-0.2, 0) is 10.7 Å². The fourth-order valence-corrected chi connectivity index (χ4v) is 1.40. The van der Waals surface area contributed by atoms with E-state index in [1.165, 1.54) is 12.7 Å². The molecule has 1 N–H and O–H groups in total. The van der Waals surface area contributed by atoms with Gasteiger partial charge >= 0.3 is 0 Å². The Kier molecular flexibility index (Phi) is 10.7. The van der Waals surface area contributed by atoms with Gasteiger partial charge in [0.25, 0.3) is 0 Å². The van der Waals surface area contributed by atoms with Crippen molar-refractivity contribution in [1.82, 2.24) is 5.32 Å². The summed E-state index contributed by atoms with van der Waals surface area (Å²) in [4.78, 5) is 0. The maximum absolute atomic E-state index is 5.80. The first-order valence-electron chi connectivity index (χ1n) is 5.70. The van der Waals surface area contributed by atoms with Gasteiger partial charge in [-0.3, -0.25) is 4.29 Å². The number of halogens is 2. The van der Waals surface area contributed by atoms with Crippen molar-refractivity contribution >= 4 is 23.5 Å². The van der Waals surface area contributed by atoms with Crippen LogP contribution >= 0.6 is 23.5 Å². The van der Waals surface area contributed by atoms with Crippen LogP contribution in [-0.4, -0.2) is 20.2 Å². The summed E-state index contributed by atoms with van der Waals surface area (Å²) in [7, 11) is 1.39. The molecule has 0 bridgehead atoms. The lowest BCUT2D eigenvalue weighted by molar-refractivity contribution is 0.463. The monoisotopic (exact) mass is 277 g/mol. The van der Waals surface area contributed by atoms with Gasteiger partial charge < -0.3 is 5.32 Å². The van der Waals surface area contributed by atoms with E-state index in [2.05, 4.69) is 47.5 Å². The van der Waals surface area contributed by atoms with Crippen molar-refractivity contribution in [2.45, 2.75) is 20.3 Å². The van der Waals surface area contributed by atoms with Crippen LogP contribution in [0.4, 0.5) is 0 Å². The molecule has 0 heterocycles. The van der Waals surface area contributed by atoms with E-state index in [4.69, 9.17) is 11.6 Å². The Morgan fingerprint density at radius 3 is 2.24 bits per heavy atom. The van der Waals surface area contributed by atoms with E-state index >= 15 is 0 Å². The quantitative estimate of drug-likeness (QED) is 0.824. The van der Waals surface area contributed by atoms with Gasteiger partial charge in [-0.2, -0.15) is 0 Å². The summed E-state index contributed by atoms with van der Waals surface area (Å²) in [5.41, 5.74) is 1.34. The zero-order valence-corrected chi connectivity index (χ0v) is 12.2. The molecule has 0 aromatic heterocycles. The maximum atomic E-state index is 5.80. The average Bonchev–Trinajstić information content (AvgIpc) is 2.28. The minimum atomic E-state index is 0.722. The lowest BCUT2D eigenvalue weighted by Crippen LogP contribution is -2.22. The Morgan fingerprint density at radius 2 is 1.76 bits per heavy atom. The highest BCUT2D eigenvalue weighted by molar-refractivity contribution is 6.30.